The molecular weight excluding hydrogens is 392 g/mol. The highest BCUT2D eigenvalue weighted by molar-refractivity contribution is 7.99. The topological polar surface area (TPSA) is 124 Å². The number of aromatic nitrogens is 3. The molecule has 0 radical (unpaired) electrons. The summed E-state index contributed by atoms with van der Waals surface area (Å²) in [7, 11) is 0. The van der Waals surface area contributed by atoms with Gasteiger partial charge in [-0.25, -0.2) is 9.47 Å². The molecule has 0 spiro atoms. The highest BCUT2D eigenvalue weighted by Gasteiger charge is 2.18. The molecule has 0 unspecified atom stereocenters. The zero-order chi connectivity index (χ0) is 20.6. The van der Waals surface area contributed by atoms with Gasteiger partial charge in [-0.3, -0.25) is 10.1 Å². The monoisotopic (exact) mass is 418 g/mol. The van der Waals surface area contributed by atoms with Crippen LogP contribution in [0.3, 0.4) is 0 Å². The Balaban J connectivity index is 1.50. The van der Waals surface area contributed by atoms with Crippen LogP contribution in [0, 0.1) is 0 Å². The van der Waals surface area contributed by atoms with Crippen molar-refractivity contribution in [1.82, 2.24) is 25.5 Å². The molecule has 1 aromatic heterocycles. The summed E-state index contributed by atoms with van der Waals surface area (Å²) in [5.74, 6) is 6.91. The van der Waals surface area contributed by atoms with Crippen molar-refractivity contribution >= 4 is 23.7 Å². The summed E-state index contributed by atoms with van der Waals surface area (Å²) in [6.45, 7) is 2.51. The number of hydrogen-bond donors (Lipinski definition) is 3. The number of carbonyl (C=O) groups excluding carboxylic acids is 2. The predicted octanol–water partition coefficient (Wildman–Crippen LogP) is 2.31. The fourth-order valence-corrected chi connectivity index (χ4v) is 3.86. The van der Waals surface area contributed by atoms with Crippen molar-refractivity contribution in [3.05, 3.63) is 24.3 Å². The van der Waals surface area contributed by atoms with E-state index in [-0.39, 0.29) is 11.8 Å². The third-order valence-electron chi connectivity index (χ3n) is 4.61. The van der Waals surface area contributed by atoms with Crippen molar-refractivity contribution in [2.75, 3.05) is 18.2 Å². The number of nitrogen functional groups attached to an aromatic ring is 1. The van der Waals surface area contributed by atoms with Gasteiger partial charge in [0.2, 0.25) is 11.1 Å². The minimum Gasteiger partial charge on any atom is -0.494 e. The van der Waals surface area contributed by atoms with Crippen LogP contribution in [0.1, 0.15) is 39.0 Å². The first-order valence-electron chi connectivity index (χ1n) is 9.73. The molecule has 9 nitrogen and oxygen atoms in total. The van der Waals surface area contributed by atoms with Gasteiger partial charge in [0.05, 0.1) is 12.4 Å². The van der Waals surface area contributed by atoms with Crippen molar-refractivity contribution in [3.8, 4) is 17.1 Å². The number of nitrogens with two attached hydrogens (primary N) is 1. The Kier molecular flexibility index (Phi) is 7.34. The quantitative estimate of drug-likeness (QED) is 0.465. The van der Waals surface area contributed by atoms with Crippen molar-refractivity contribution < 1.29 is 14.3 Å². The number of benzene rings is 1. The third-order valence-corrected chi connectivity index (χ3v) is 5.56. The van der Waals surface area contributed by atoms with Gasteiger partial charge in [-0.05, 0) is 44.0 Å². The second-order valence-corrected chi connectivity index (χ2v) is 7.72. The van der Waals surface area contributed by atoms with Crippen LogP contribution in [0.5, 0.6) is 5.75 Å². The van der Waals surface area contributed by atoms with E-state index in [1.54, 1.807) is 0 Å². The van der Waals surface area contributed by atoms with E-state index in [0.29, 0.717) is 17.6 Å². The Hall–Kier alpha value is -2.75. The summed E-state index contributed by atoms with van der Waals surface area (Å²) in [5.41, 5.74) is 0.784. The van der Waals surface area contributed by atoms with Gasteiger partial charge in [0.25, 0.3) is 0 Å². The predicted molar refractivity (Wildman–Crippen MR) is 111 cm³/mol. The molecule has 1 fully saturated rings. The highest BCUT2D eigenvalue weighted by atomic mass is 32.2. The van der Waals surface area contributed by atoms with Crippen LogP contribution in [-0.2, 0) is 4.79 Å². The fourth-order valence-electron chi connectivity index (χ4n) is 3.20. The first kappa shape index (κ1) is 21.0. The van der Waals surface area contributed by atoms with Gasteiger partial charge in [-0.15, -0.1) is 10.2 Å². The Morgan fingerprint density at radius 1 is 1.21 bits per heavy atom. The lowest BCUT2D eigenvalue weighted by molar-refractivity contribution is -0.117. The Bertz CT molecular complexity index is 833. The van der Waals surface area contributed by atoms with Gasteiger partial charge in [-0.2, -0.15) is 0 Å². The minimum absolute atomic E-state index is 0.0106. The molecule has 3 amide bonds. The zero-order valence-corrected chi connectivity index (χ0v) is 17.2. The van der Waals surface area contributed by atoms with Gasteiger partial charge in [-0.1, -0.05) is 31.0 Å². The molecule has 156 valence electrons. The van der Waals surface area contributed by atoms with E-state index < -0.39 is 11.9 Å². The Labute approximate surface area is 173 Å². The molecule has 4 N–H and O–H groups in total. The number of ether oxygens (including phenoxy) is 1. The van der Waals surface area contributed by atoms with Crippen LogP contribution in [0.2, 0.25) is 0 Å². The number of rotatable bonds is 7. The van der Waals surface area contributed by atoms with Crippen LogP contribution < -0.4 is 21.2 Å². The molecule has 0 saturated heterocycles. The second kappa shape index (κ2) is 10.1. The lowest BCUT2D eigenvalue weighted by Crippen LogP contribution is -2.45. The molecule has 1 aliphatic carbocycles. The molecular formula is C19H26N6O3S. The normalized spacial score (nSPS) is 14.4. The van der Waals surface area contributed by atoms with Gasteiger partial charge >= 0.3 is 6.03 Å². The number of hydrogen-bond acceptors (Lipinski definition) is 7. The largest absolute Gasteiger partial charge is 0.494 e. The summed E-state index contributed by atoms with van der Waals surface area (Å²) in [4.78, 5) is 24.0. The van der Waals surface area contributed by atoms with Gasteiger partial charge in [0, 0.05) is 11.6 Å². The first-order chi connectivity index (χ1) is 14.1. The molecule has 1 aromatic carbocycles. The molecule has 1 saturated carbocycles. The van der Waals surface area contributed by atoms with Gasteiger partial charge < -0.3 is 15.9 Å². The summed E-state index contributed by atoms with van der Waals surface area (Å²) in [6, 6.07) is 7.04. The van der Waals surface area contributed by atoms with E-state index >= 15 is 0 Å². The zero-order valence-electron chi connectivity index (χ0n) is 16.4. The number of nitrogens with zero attached hydrogens (tertiary/aromatic N) is 3. The molecule has 10 heteroatoms. The summed E-state index contributed by atoms with van der Waals surface area (Å²) in [5, 5.41) is 13.7. The van der Waals surface area contributed by atoms with E-state index in [0.717, 1.165) is 48.8 Å². The van der Waals surface area contributed by atoms with E-state index in [4.69, 9.17) is 10.6 Å². The van der Waals surface area contributed by atoms with Crippen LogP contribution in [0.4, 0.5) is 4.79 Å². The lowest BCUT2D eigenvalue weighted by atomic mass is 9.96. The average Bonchev–Trinajstić information content (AvgIpc) is 3.08. The number of carbonyl (C=O) groups is 2. The van der Waals surface area contributed by atoms with Gasteiger partial charge in [0.1, 0.15) is 5.75 Å². The maximum Gasteiger partial charge on any atom is 0.321 e. The molecule has 1 aliphatic rings. The molecule has 0 bridgehead atoms. The van der Waals surface area contributed by atoms with Crippen LogP contribution in [-0.4, -0.2) is 45.2 Å². The molecule has 2 aromatic rings. The maximum absolute atomic E-state index is 12.1. The third kappa shape index (κ3) is 5.86. The van der Waals surface area contributed by atoms with E-state index in [1.807, 2.05) is 31.2 Å². The SMILES string of the molecule is CCOc1ccc(-c2nnc(SCC(=O)NC(=O)NC3CCCCC3)n2N)cc1. The van der Waals surface area contributed by atoms with Crippen LogP contribution >= 0.6 is 11.8 Å². The maximum atomic E-state index is 12.1. The number of urea groups is 1. The summed E-state index contributed by atoms with van der Waals surface area (Å²) in [6.07, 6.45) is 5.34. The number of nitrogens with one attached hydrogen (secondary N) is 2. The van der Waals surface area contributed by atoms with Crippen LogP contribution in [0.25, 0.3) is 11.4 Å². The average molecular weight is 419 g/mol. The standard InChI is InChI=1S/C19H26N6O3S/c1-2-28-15-10-8-13(9-11-15)17-23-24-19(25(17)20)29-12-16(26)22-18(27)21-14-6-4-3-5-7-14/h8-11,14H,2-7,12,20H2,1H3,(H2,21,22,26,27). The molecule has 0 aliphatic heterocycles. The number of thioether (sulfide) groups is 1. The van der Waals surface area contributed by atoms with Crippen molar-refractivity contribution in [3.63, 3.8) is 0 Å². The number of amides is 3. The lowest BCUT2D eigenvalue weighted by Gasteiger charge is -2.22. The molecule has 3 rings (SSSR count). The summed E-state index contributed by atoms with van der Waals surface area (Å²) >= 11 is 1.12. The van der Waals surface area contributed by atoms with Crippen molar-refractivity contribution in [1.29, 1.82) is 0 Å². The molecule has 0 atom stereocenters. The number of imide groups is 1. The minimum atomic E-state index is -0.452. The van der Waals surface area contributed by atoms with Crippen molar-refractivity contribution in [2.45, 2.75) is 50.2 Å². The smallest absolute Gasteiger partial charge is 0.321 e. The van der Waals surface area contributed by atoms with E-state index in [1.165, 1.54) is 11.1 Å². The van der Waals surface area contributed by atoms with E-state index in [9.17, 15) is 9.59 Å². The summed E-state index contributed by atoms with van der Waals surface area (Å²) < 4.78 is 6.75. The second-order valence-electron chi connectivity index (χ2n) is 6.78. The van der Waals surface area contributed by atoms with Gasteiger partial charge in [0.15, 0.2) is 5.82 Å². The molecule has 1 heterocycles. The first-order valence-corrected chi connectivity index (χ1v) is 10.7. The van der Waals surface area contributed by atoms with E-state index in [2.05, 4.69) is 20.8 Å². The Morgan fingerprint density at radius 3 is 2.62 bits per heavy atom. The Morgan fingerprint density at radius 2 is 1.93 bits per heavy atom. The molecule has 29 heavy (non-hydrogen) atoms. The fraction of sp³-hybridized carbons (Fsp3) is 0.474. The van der Waals surface area contributed by atoms with Crippen molar-refractivity contribution in [2.24, 2.45) is 0 Å². The highest BCUT2D eigenvalue weighted by Crippen LogP contribution is 2.23. The van der Waals surface area contributed by atoms with Crippen LogP contribution in [0.15, 0.2) is 29.4 Å².